The Morgan fingerprint density at radius 1 is 1.04 bits per heavy atom. The third kappa shape index (κ3) is 7.34. The van der Waals surface area contributed by atoms with Gasteiger partial charge in [-0.2, -0.15) is 0 Å². The van der Waals surface area contributed by atoms with Crippen LogP contribution in [-0.4, -0.2) is 16.9 Å². The molecule has 0 unspecified atom stereocenters. The fourth-order valence-corrected chi connectivity index (χ4v) is 3.52. The maximum Gasteiger partial charge on any atom is 0.258 e. The molecule has 0 aliphatic heterocycles. The van der Waals surface area contributed by atoms with Gasteiger partial charge < -0.3 is 10.6 Å². The van der Waals surface area contributed by atoms with E-state index in [-0.39, 0.29) is 16.9 Å². The number of unbranched alkanes of at least 4 members (excludes halogenated alkanes) is 1. The fourth-order valence-electron chi connectivity index (χ4n) is 2.24. The van der Waals surface area contributed by atoms with Crippen molar-refractivity contribution in [3.05, 3.63) is 55.2 Å². The highest BCUT2D eigenvalue weighted by atomic mass is 127. The second-order valence-electron chi connectivity index (χ2n) is 5.76. The summed E-state index contributed by atoms with van der Waals surface area (Å²) in [5.74, 6) is -0.280. The number of halogens is 2. The Balaban J connectivity index is 1.97. The lowest BCUT2D eigenvalue weighted by atomic mass is 10.2. The molecule has 0 heterocycles. The molecule has 0 atom stereocenters. The lowest BCUT2D eigenvalue weighted by Gasteiger charge is -2.12. The number of benzene rings is 2. The van der Waals surface area contributed by atoms with Crippen molar-refractivity contribution in [3.63, 3.8) is 0 Å². The van der Waals surface area contributed by atoms with E-state index in [0.29, 0.717) is 23.4 Å². The quantitative estimate of drug-likeness (QED) is 0.314. The highest BCUT2D eigenvalue weighted by Gasteiger charge is 2.12. The molecule has 0 aliphatic rings. The van der Waals surface area contributed by atoms with Gasteiger partial charge in [0.15, 0.2) is 5.11 Å². The maximum absolute atomic E-state index is 12.4. The Morgan fingerprint density at radius 3 is 2.44 bits per heavy atom. The van der Waals surface area contributed by atoms with Gasteiger partial charge in [-0.25, -0.2) is 0 Å². The third-order valence-corrected chi connectivity index (χ3v) is 5.38. The number of nitrogens with one attached hydrogen (secondary N) is 3. The van der Waals surface area contributed by atoms with Crippen LogP contribution in [0.15, 0.2) is 42.5 Å². The van der Waals surface area contributed by atoms with Crippen LogP contribution in [0.3, 0.4) is 0 Å². The van der Waals surface area contributed by atoms with Crippen molar-refractivity contribution >= 4 is 85.7 Å². The zero-order valence-corrected chi connectivity index (χ0v) is 19.8. The van der Waals surface area contributed by atoms with Gasteiger partial charge >= 0.3 is 0 Å². The molecule has 2 aromatic rings. The molecule has 0 fully saturated rings. The summed E-state index contributed by atoms with van der Waals surface area (Å²) in [6.45, 7) is 2.05. The van der Waals surface area contributed by atoms with Crippen LogP contribution in [0.5, 0.6) is 0 Å². The van der Waals surface area contributed by atoms with Gasteiger partial charge in [-0.05, 0) is 100 Å². The van der Waals surface area contributed by atoms with E-state index in [4.69, 9.17) is 12.2 Å². The smallest absolute Gasteiger partial charge is 0.258 e. The Kier molecular flexibility index (Phi) is 8.90. The first-order valence-corrected chi connectivity index (χ1v) is 10.9. The average Bonchev–Trinajstić information content (AvgIpc) is 2.62. The highest BCUT2D eigenvalue weighted by molar-refractivity contribution is 14.1. The third-order valence-electron chi connectivity index (χ3n) is 3.56. The first-order valence-electron chi connectivity index (χ1n) is 8.36. The number of carbonyl (C=O) groups excluding carboxylic acids is 2. The summed E-state index contributed by atoms with van der Waals surface area (Å²) >= 11 is 9.52. The van der Waals surface area contributed by atoms with Gasteiger partial charge in [-0.3, -0.25) is 14.9 Å². The van der Waals surface area contributed by atoms with E-state index < -0.39 is 0 Å². The van der Waals surface area contributed by atoms with Crippen LogP contribution in [0.4, 0.5) is 11.4 Å². The van der Waals surface area contributed by atoms with Crippen molar-refractivity contribution in [2.75, 3.05) is 10.6 Å². The lowest BCUT2D eigenvalue weighted by Crippen LogP contribution is -2.34. The summed E-state index contributed by atoms with van der Waals surface area (Å²) in [6, 6.07) is 12.9. The number of carbonyl (C=O) groups is 2. The van der Waals surface area contributed by atoms with E-state index >= 15 is 0 Å². The van der Waals surface area contributed by atoms with Crippen LogP contribution in [0.2, 0.25) is 0 Å². The van der Waals surface area contributed by atoms with Gasteiger partial charge in [0.1, 0.15) is 0 Å². The van der Waals surface area contributed by atoms with E-state index in [0.717, 1.165) is 20.0 Å². The highest BCUT2D eigenvalue weighted by Crippen LogP contribution is 2.17. The normalized spacial score (nSPS) is 10.2. The molecule has 2 aromatic carbocycles. The molecule has 2 amide bonds. The Morgan fingerprint density at radius 2 is 1.74 bits per heavy atom. The average molecular weight is 607 g/mol. The zero-order chi connectivity index (χ0) is 19.8. The zero-order valence-electron chi connectivity index (χ0n) is 14.6. The van der Waals surface area contributed by atoms with Crippen molar-refractivity contribution in [1.29, 1.82) is 0 Å². The Hall–Kier alpha value is -1.27. The molecule has 0 aromatic heterocycles. The van der Waals surface area contributed by atoms with Crippen LogP contribution in [0, 0.1) is 7.14 Å². The number of hydrogen-bond acceptors (Lipinski definition) is 3. The summed E-state index contributed by atoms with van der Waals surface area (Å²) in [4.78, 5) is 24.3. The minimum Gasteiger partial charge on any atom is -0.332 e. The molecule has 0 spiro atoms. The molecule has 2 rings (SSSR count). The molecular weight excluding hydrogens is 588 g/mol. The summed E-state index contributed by atoms with van der Waals surface area (Å²) in [5.41, 5.74) is 1.94. The molecule has 0 bridgehead atoms. The molecular formula is C19H19I2N3O2S. The predicted molar refractivity (Wildman–Crippen MR) is 130 cm³/mol. The van der Waals surface area contributed by atoms with Crippen LogP contribution >= 0.6 is 57.4 Å². The van der Waals surface area contributed by atoms with Crippen molar-refractivity contribution < 1.29 is 9.59 Å². The number of rotatable bonds is 6. The van der Waals surface area contributed by atoms with E-state index in [1.54, 1.807) is 6.07 Å². The van der Waals surface area contributed by atoms with Gasteiger partial charge in [-0.15, -0.1) is 0 Å². The Bertz CT molecular complexity index is 859. The summed E-state index contributed by atoms with van der Waals surface area (Å²) in [6.07, 6.45) is 2.33. The second kappa shape index (κ2) is 10.9. The number of anilines is 2. The van der Waals surface area contributed by atoms with E-state index in [2.05, 4.69) is 61.1 Å². The first kappa shape index (κ1) is 22.0. The van der Waals surface area contributed by atoms with Gasteiger partial charge in [0, 0.05) is 24.9 Å². The number of hydrogen-bond donors (Lipinski definition) is 3. The molecule has 0 saturated carbocycles. The van der Waals surface area contributed by atoms with Crippen molar-refractivity contribution in [1.82, 2.24) is 5.32 Å². The predicted octanol–water partition coefficient (Wildman–Crippen LogP) is 5.15. The van der Waals surface area contributed by atoms with Gasteiger partial charge in [0.2, 0.25) is 5.91 Å². The lowest BCUT2D eigenvalue weighted by molar-refractivity contribution is -0.116. The van der Waals surface area contributed by atoms with E-state index in [1.165, 1.54) is 0 Å². The summed E-state index contributed by atoms with van der Waals surface area (Å²) in [5, 5.41) is 8.72. The minimum atomic E-state index is -0.264. The molecule has 142 valence electrons. The topological polar surface area (TPSA) is 70.2 Å². The van der Waals surface area contributed by atoms with Gasteiger partial charge in [0.25, 0.3) is 5.91 Å². The van der Waals surface area contributed by atoms with Crippen LogP contribution < -0.4 is 16.0 Å². The molecule has 8 heteroatoms. The van der Waals surface area contributed by atoms with E-state index in [9.17, 15) is 9.59 Å². The molecule has 3 N–H and O–H groups in total. The largest absolute Gasteiger partial charge is 0.332 e. The first-order chi connectivity index (χ1) is 12.9. The fraction of sp³-hybridized carbons (Fsp3) is 0.211. The van der Waals surface area contributed by atoms with E-state index in [1.807, 2.05) is 43.3 Å². The number of thiocarbonyl (C=S) groups is 1. The second-order valence-corrected chi connectivity index (χ2v) is 8.58. The van der Waals surface area contributed by atoms with Crippen LogP contribution in [0.25, 0.3) is 0 Å². The van der Waals surface area contributed by atoms with Crippen molar-refractivity contribution in [2.24, 2.45) is 0 Å². The van der Waals surface area contributed by atoms with Gasteiger partial charge in [0.05, 0.1) is 5.56 Å². The van der Waals surface area contributed by atoms with Crippen LogP contribution in [-0.2, 0) is 4.79 Å². The molecule has 5 nitrogen and oxygen atoms in total. The van der Waals surface area contributed by atoms with Crippen molar-refractivity contribution in [3.8, 4) is 0 Å². The monoisotopic (exact) mass is 607 g/mol. The Labute approximate surface area is 191 Å². The summed E-state index contributed by atoms with van der Waals surface area (Å²) in [7, 11) is 0. The molecule has 0 aliphatic carbocycles. The molecule has 27 heavy (non-hydrogen) atoms. The molecule has 0 saturated heterocycles. The maximum atomic E-state index is 12.4. The standard InChI is InChI=1S/C19H19I2N3O2S/c1-2-3-7-17(25)22-13-5-4-6-14(11-13)23-19(27)24-18(26)15-10-12(20)8-9-16(15)21/h4-6,8-11H,2-3,7H2,1H3,(H,22,25)(H2,23,24,26,27). The van der Waals surface area contributed by atoms with Crippen molar-refractivity contribution in [2.45, 2.75) is 26.2 Å². The minimum absolute atomic E-state index is 0.0156. The van der Waals surface area contributed by atoms with Crippen LogP contribution in [0.1, 0.15) is 36.5 Å². The SMILES string of the molecule is CCCCC(=O)Nc1cccc(NC(=S)NC(=O)c2cc(I)ccc2I)c1. The summed E-state index contributed by atoms with van der Waals surface area (Å²) < 4.78 is 1.83. The van der Waals surface area contributed by atoms with Gasteiger partial charge in [-0.1, -0.05) is 19.4 Å². The number of amides is 2. The molecule has 0 radical (unpaired) electrons.